The van der Waals surface area contributed by atoms with Crippen molar-refractivity contribution < 1.29 is 19.4 Å². The second-order valence-electron chi connectivity index (χ2n) is 4.64. The van der Waals surface area contributed by atoms with Gasteiger partial charge in [-0.3, -0.25) is 0 Å². The zero-order valence-electron chi connectivity index (χ0n) is 11.2. The summed E-state index contributed by atoms with van der Waals surface area (Å²) in [4.78, 5) is 11.8. The van der Waals surface area contributed by atoms with Crippen LogP contribution in [0.4, 0.5) is 0 Å². The Hall–Kier alpha value is -2.14. The third kappa shape index (κ3) is 3.31. The highest BCUT2D eigenvalue weighted by molar-refractivity contribution is 7.99. The van der Waals surface area contributed by atoms with Crippen LogP contribution in [-0.2, 0) is 0 Å². The van der Waals surface area contributed by atoms with E-state index in [2.05, 4.69) is 0 Å². The third-order valence-electron chi connectivity index (χ3n) is 3.10. The largest absolute Gasteiger partial charge is 0.486 e. The van der Waals surface area contributed by atoms with E-state index in [1.54, 1.807) is 23.9 Å². The van der Waals surface area contributed by atoms with E-state index in [0.717, 1.165) is 22.1 Å². The number of rotatable bonds is 4. The highest BCUT2D eigenvalue weighted by Crippen LogP contribution is 2.32. The topological polar surface area (TPSA) is 55.8 Å². The Morgan fingerprint density at radius 1 is 1.14 bits per heavy atom. The normalized spacial score (nSPS) is 16.5. The Kier molecular flexibility index (Phi) is 4.01. The molecule has 2 aromatic carbocycles. The summed E-state index contributed by atoms with van der Waals surface area (Å²) in [5, 5.41) is 8.86. The number of para-hydroxylation sites is 2. The number of hydrogen-bond donors (Lipinski definition) is 1. The van der Waals surface area contributed by atoms with Gasteiger partial charge in [-0.1, -0.05) is 12.1 Å². The standard InChI is InChI=1S/C16H14O4S/c17-16(18)11-5-7-13(8-6-11)21-10-12-9-19-14-3-1-2-4-15(14)20-12/h1-8,12H,9-10H2,(H,17,18). The van der Waals surface area contributed by atoms with Gasteiger partial charge in [0, 0.05) is 10.6 Å². The predicted molar refractivity (Wildman–Crippen MR) is 80.5 cm³/mol. The number of carbonyl (C=O) groups is 1. The van der Waals surface area contributed by atoms with Gasteiger partial charge >= 0.3 is 5.97 Å². The number of hydrogen-bond acceptors (Lipinski definition) is 4. The lowest BCUT2D eigenvalue weighted by molar-refractivity contribution is 0.0697. The van der Waals surface area contributed by atoms with Crippen LogP contribution in [0.25, 0.3) is 0 Å². The van der Waals surface area contributed by atoms with E-state index in [0.29, 0.717) is 12.2 Å². The molecule has 1 atom stereocenters. The minimum atomic E-state index is -0.910. The van der Waals surface area contributed by atoms with Gasteiger partial charge in [0.25, 0.3) is 0 Å². The van der Waals surface area contributed by atoms with E-state index < -0.39 is 5.97 Å². The zero-order chi connectivity index (χ0) is 14.7. The van der Waals surface area contributed by atoms with Gasteiger partial charge in [-0.15, -0.1) is 11.8 Å². The minimum Gasteiger partial charge on any atom is -0.486 e. The Bertz CT molecular complexity index is 639. The maximum absolute atomic E-state index is 10.8. The van der Waals surface area contributed by atoms with Gasteiger partial charge in [-0.05, 0) is 36.4 Å². The molecule has 0 bridgehead atoms. The molecule has 1 N–H and O–H groups in total. The average Bonchev–Trinajstić information content (AvgIpc) is 2.53. The van der Waals surface area contributed by atoms with Crippen molar-refractivity contribution in [1.82, 2.24) is 0 Å². The van der Waals surface area contributed by atoms with Crippen LogP contribution in [-0.4, -0.2) is 29.5 Å². The number of thioether (sulfide) groups is 1. The van der Waals surface area contributed by atoms with Crippen LogP contribution in [0.1, 0.15) is 10.4 Å². The van der Waals surface area contributed by atoms with Gasteiger partial charge in [0.1, 0.15) is 12.7 Å². The smallest absolute Gasteiger partial charge is 0.335 e. The number of fused-ring (bicyclic) bond motifs is 1. The molecule has 1 unspecified atom stereocenters. The average molecular weight is 302 g/mol. The van der Waals surface area contributed by atoms with Crippen LogP contribution < -0.4 is 9.47 Å². The highest BCUT2D eigenvalue weighted by Gasteiger charge is 2.20. The fraction of sp³-hybridized carbons (Fsp3) is 0.188. The third-order valence-corrected chi connectivity index (χ3v) is 4.25. The number of aromatic carboxylic acids is 1. The molecule has 0 spiro atoms. The van der Waals surface area contributed by atoms with E-state index in [1.807, 2.05) is 36.4 Å². The Labute approximate surface area is 126 Å². The van der Waals surface area contributed by atoms with E-state index in [-0.39, 0.29) is 6.10 Å². The van der Waals surface area contributed by atoms with Gasteiger partial charge in [0.2, 0.25) is 0 Å². The molecular formula is C16H14O4S. The van der Waals surface area contributed by atoms with Gasteiger partial charge in [0.15, 0.2) is 11.5 Å². The van der Waals surface area contributed by atoms with E-state index in [1.165, 1.54) is 0 Å². The lowest BCUT2D eigenvalue weighted by Gasteiger charge is -2.26. The molecule has 2 aromatic rings. The number of benzene rings is 2. The minimum absolute atomic E-state index is 0.0101. The number of ether oxygens (including phenoxy) is 2. The van der Waals surface area contributed by atoms with E-state index in [4.69, 9.17) is 14.6 Å². The van der Waals surface area contributed by atoms with Crippen molar-refractivity contribution in [2.45, 2.75) is 11.0 Å². The van der Waals surface area contributed by atoms with Crippen molar-refractivity contribution in [3.05, 3.63) is 54.1 Å². The Balaban J connectivity index is 1.57. The quantitative estimate of drug-likeness (QED) is 0.878. The summed E-state index contributed by atoms with van der Waals surface area (Å²) >= 11 is 1.62. The van der Waals surface area contributed by atoms with E-state index in [9.17, 15) is 4.79 Å². The summed E-state index contributed by atoms with van der Waals surface area (Å²) in [6, 6.07) is 14.5. The van der Waals surface area contributed by atoms with Gasteiger partial charge in [-0.25, -0.2) is 4.79 Å². The van der Waals surface area contributed by atoms with Crippen molar-refractivity contribution in [3.63, 3.8) is 0 Å². The van der Waals surface area contributed by atoms with Crippen molar-refractivity contribution in [1.29, 1.82) is 0 Å². The molecule has 3 rings (SSSR count). The van der Waals surface area contributed by atoms with Crippen molar-refractivity contribution in [2.24, 2.45) is 0 Å². The maximum atomic E-state index is 10.8. The molecule has 0 amide bonds. The first-order valence-electron chi connectivity index (χ1n) is 6.57. The second-order valence-corrected chi connectivity index (χ2v) is 5.73. The molecular weight excluding hydrogens is 288 g/mol. The summed E-state index contributed by atoms with van der Waals surface area (Å²) < 4.78 is 11.5. The molecule has 0 saturated carbocycles. The SMILES string of the molecule is O=C(O)c1ccc(SCC2COc3ccccc3O2)cc1. The fourth-order valence-electron chi connectivity index (χ4n) is 2.03. The lowest BCUT2D eigenvalue weighted by Crippen LogP contribution is -2.31. The van der Waals surface area contributed by atoms with Crippen LogP contribution >= 0.6 is 11.8 Å². The molecule has 1 heterocycles. The molecule has 108 valence electrons. The van der Waals surface area contributed by atoms with Crippen LogP contribution in [0.5, 0.6) is 11.5 Å². The first kappa shape index (κ1) is 13.8. The monoisotopic (exact) mass is 302 g/mol. The summed E-state index contributed by atoms with van der Waals surface area (Å²) in [6.07, 6.45) is -0.0101. The molecule has 0 radical (unpaired) electrons. The summed E-state index contributed by atoms with van der Waals surface area (Å²) in [5.41, 5.74) is 0.297. The molecule has 0 aliphatic carbocycles. The Morgan fingerprint density at radius 3 is 2.57 bits per heavy atom. The predicted octanol–water partition coefficient (Wildman–Crippen LogP) is 3.32. The molecule has 4 nitrogen and oxygen atoms in total. The molecule has 21 heavy (non-hydrogen) atoms. The van der Waals surface area contributed by atoms with E-state index >= 15 is 0 Å². The highest BCUT2D eigenvalue weighted by atomic mass is 32.2. The lowest BCUT2D eigenvalue weighted by atomic mass is 10.2. The molecule has 5 heteroatoms. The van der Waals surface area contributed by atoms with Crippen LogP contribution in [0.15, 0.2) is 53.4 Å². The molecule has 0 saturated heterocycles. The number of carboxylic acid groups (broad SMARTS) is 1. The van der Waals surface area contributed by atoms with Gasteiger partial charge in [-0.2, -0.15) is 0 Å². The van der Waals surface area contributed by atoms with Gasteiger partial charge in [0.05, 0.1) is 5.56 Å². The van der Waals surface area contributed by atoms with Crippen molar-refractivity contribution >= 4 is 17.7 Å². The van der Waals surface area contributed by atoms with Crippen molar-refractivity contribution in [2.75, 3.05) is 12.4 Å². The zero-order valence-corrected chi connectivity index (χ0v) is 12.0. The Morgan fingerprint density at radius 2 is 1.86 bits per heavy atom. The second kappa shape index (κ2) is 6.10. The molecule has 0 aromatic heterocycles. The summed E-state index contributed by atoms with van der Waals surface area (Å²) in [5.74, 6) is 1.40. The first-order valence-corrected chi connectivity index (χ1v) is 7.55. The van der Waals surface area contributed by atoms with Crippen LogP contribution in [0.2, 0.25) is 0 Å². The fourth-order valence-corrected chi connectivity index (χ4v) is 2.90. The molecule has 0 fully saturated rings. The van der Waals surface area contributed by atoms with Gasteiger partial charge < -0.3 is 14.6 Å². The number of carboxylic acids is 1. The summed E-state index contributed by atoms with van der Waals surface area (Å²) in [6.45, 7) is 0.525. The maximum Gasteiger partial charge on any atom is 0.335 e. The molecule has 1 aliphatic rings. The van der Waals surface area contributed by atoms with Crippen LogP contribution in [0.3, 0.4) is 0 Å². The molecule has 1 aliphatic heterocycles. The van der Waals surface area contributed by atoms with Crippen molar-refractivity contribution in [3.8, 4) is 11.5 Å². The van der Waals surface area contributed by atoms with Crippen LogP contribution in [0, 0.1) is 0 Å². The summed E-state index contributed by atoms with van der Waals surface area (Å²) in [7, 11) is 0. The first-order chi connectivity index (χ1) is 10.2.